The monoisotopic (exact) mass is 267 g/mol. The molecule has 0 saturated carbocycles. The molecule has 1 aromatic rings. The number of carbonyl (C=O) groups excluding carboxylic acids is 1. The highest BCUT2D eigenvalue weighted by Gasteiger charge is 2.15. The maximum absolute atomic E-state index is 11.0. The van der Waals surface area contributed by atoms with Crippen LogP contribution in [0.5, 0.6) is 0 Å². The molecule has 0 spiro atoms. The van der Waals surface area contributed by atoms with Crippen LogP contribution in [-0.4, -0.2) is 19.9 Å². The number of nitrogens with one attached hydrogen (secondary N) is 1. The lowest BCUT2D eigenvalue weighted by molar-refractivity contribution is 0.108. The Kier molecular flexibility index (Phi) is 3.59. The molecule has 1 N–H and O–H groups in total. The second-order valence-electron chi connectivity index (χ2n) is 2.81. The van der Waals surface area contributed by atoms with Gasteiger partial charge in [0, 0.05) is 0 Å². The Hall–Kier alpha value is -0.780. The second kappa shape index (κ2) is 4.38. The quantitative estimate of drug-likeness (QED) is 0.854. The van der Waals surface area contributed by atoms with Crippen molar-refractivity contribution in [2.24, 2.45) is 0 Å². The summed E-state index contributed by atoms with van der Waals surface area (Å²) in [7, 11) is -3.50. The van der Waals surface area contributed by atoms with Gasteiger partial charge in [-0.2, -0.15) is 0 Å². The highest BCUT2D eigenvalue weighted by molar-refractivity contribution is 7.92. The van der Waals surface area contributed by atoms with E-state index >= 15 is 0 Å². The smallest absolute Gasteiger partial charge is 0.254 e. The van der Waals surface area contributed by atoms with Crippen LogP contribution in [-0.2, 0) is 10.0 Å². The molecule has 7 heteroatoms. The van der Waals surface area contributed by atoms with Gasteiger partial charge >= 0.3 is 0 Å². The first-order valence-electron chi connectivity index (χ1n) is 3.77. The van der Waals surface area contributed by atoms with Gasteiger partial charge < -0.3 is 0 Å². The third-order valence-corrected chi connectivity index (χ3v) is 2.61. The lowest BCUT2D eigenvalue weighted by Gasteiger charge is -2.09. The fraction of sp³-hybridized carbons (Fsp3) is 0.125. The van der Waals surface area contributed by atoms with Crippen LogP contribution in [0.2, 0.25) is 5.02 Å². The minimum absolute atomic E-state index is 0.00154. The van der Waals surface area contributed by atoms with Crippen LogP contribution >= 0.6 is 23.2 Å². The Morgan fingerprint density at radius 2 is 2.00 bits per heavy atom. The molecule has 0 heterocycles. The van der Waals surface area contributed by atoms with Crippen LogP contribution in [0.1, 0.15) is 10.4 Å². The van der Waals surface area contributed by atoms with Gasteiger partial charge in [-0.3, -0.25) is 9.52 Å². The number of anilines is 1. The average Bonchev–Trinajstić information content (AvgIpc) is 2.05. The highest BCUT2D eigenvalue weighted by Crippen LogP contribution is 2.27. The third-order valence-electron chi connectivity index (χ3n) is 1.51. The summed E-state index contributed by atoms with van der Waals surface area (Å²) in [6.45, 7) is 0. The molecule has 15 heavy (non-hydrogen) atoms. The molecule has 0 amide bonds. The van der Waals surface area contributed by atoms with Crippen molar-refractivity contribution in [1.29, 1.82) is 0 Å². The van der Waals surface area contributed by atoms with E-state index in [1.807, 2.05) is 0 Å². The fourth-order valence-electron chi connectivity index (χ4n) is 0.977. The fourth-order valence-corrected chi connectivity index (χ4v) is 2.00. The first-order chi connectivity index (χ1) is 6.81. The molecule has 4 nitrogen and oxygen atoms in total. The Labute approximate surface area is 97.2 Å². The predicted octanol–water partition coefficient (Wildman–Crippen LogP) is 2.09. The van der Waals surface area contributed by atoms with Crippen molar-refractivity contribution in [3.8, 4) is 0 Å². The van der Waals surface area contributed by atoms with E-state index < -0.39 is 15.3 Å². The number of carbonyl (C=O) groups is 1. The molecule has 0 aliphatic carbocycles. The van der Waals surface area contributed by atoms with Crippen molar-refractivity contribution in [2.45, 2.75) is 0 Å². The molecular formula is C8H7Cl2NO3S. The summed E-state index contributed by atoms with van der Waals surface area (Å²) in [5.41, 5.74) is 0.0243. The van der Waals surface area contributed by atoms with Gasteiger partial charge in [0.05, 0.1) is 22.5 Å². The van der Waals surface area contributed by atoms with E-state index in [1.54, 1.807) is 0 Å². The minimum Gasteiger partial charge on any atom is -0.281 e. The molecule has 0 unspecified atom stereocenters. The first kappa shape index (κ1) is 12.3. The van der Waals surface area contributed by atoms with Gasteiger partial charge in [0.25, 0.3) is 5.24 Å². The van der Waals surface area contributed by atoms with Gasteiger partial charge in [-0.25, -0.2) is 8.42 Å². The molecule has 0 aromatic heterocycles. The number of hydrogen-bond donors (Lipinski definition) is 1. The molecule has 0 bridgehead atoms. The number of hydrogen-bond acceptors (Lipinski definition) is 3. The van der Waals surface area contributed by atoms with Crippen LogP contribution in [0.15, 0.2) is 18.2 Å². The van der Waals surface area contributed by atoms with E-state index in [-0.39, 0.29) is 16.3 Å². The van der Waals surface area contributed by atoms with Gasteiger partial charge in [0.15, 0.2) is 0 Å². The Bertz CT molecular complexity index is 499. The van der Waals surface area contributed by atoms with Crippen molar-refractivity contribution in [3.05, 3.63) is 28.8 Å². The average molecular weight is 268 g/mol. The number of sulfonamides is 1. The largest absolute Gasteiger partial charge is 0.281 e. The lowest BCUT2D eigenvalue weighted by atomic mass is 10.2. The van der Waals surface area contributed by atoms with E-state index in [0.717, 1.165) is 6.26 Å². The van der Waals surface area contributed by atoms with Crippen molar-refractivity contribution >= 4 is 44.2 Å². The predicted molar refractivity (Wildman–Crippen MR) is 60.1 cm³/mol. The molecule has 1 rings (SSSR count). The number of rotatable bonds is 3. The summed E-state index contributed by atoms with van der Waals surface area (Å²) in [6, 6.07) is 4.35. The zero-order valence-corrected chi connectivity index (χ0v) is 9.95. The van der Waals surface area contributed by atoms with Crippen LogP contribution in [0.4, 0.5) is 5.69 Å². The van der Waals surface area contributed by atoms with E-state index in [4.69, 9.17) is 23.2 Å². The topological polar surface area (TPSA) is 63.2 Å². The second-order valence-corrected chi connectivity index (χ2v) is 5.31. The van der Waals surface area contributed by atoms with Crippen LogP contribution in [0, 0.1) is 0 Å². The summed E-state index contributed by atoms with van der Waals surface area (Å²) in [5.74, 6) is 0. The molecule has 0 saturated heterocycles. The van der Waals surface area contributed by atoms with Crippen molar-refractivity contribution in [3.63, 3.8) is 0 Å². The minimum atomic E-state index is -3.50. The zero-order chi connectivity index (χ0) is 11.6. The zero-order valence-electron chi connectivity index (χ0n) is 7.62. The van der Waals surface area contributed by atoms with Crippen LogP contribution in [0.25, 0.3) is 0 Å². The van der Waals surface area contributed by atoms with Gasteiger partial charge in [-0.1, -0.05) is 17.7 Å². The van der Waals surface area contributed by atoms with E-state index in [9.17, 15) is 13.2 Å². The summed E-state index contributed by atoms with van der Waals surface area (Å²) in [4.78, 5) is 11.0. The standard InChI is InChI=1S/C8H7Cl2NO3S/c1-15(13,14)11-7-5(8(10)12)3-2-4-6(7)9/h2-4,11H,1H3. The van der Waals surface area contributed by atoms with Gasteiger partial charge in [-0.05, 0) is 23.7 Å². The van der Waals surface area contributed by atoms with Gasteiger partial charge in [0.1, 0.15) is 0 Å². The van der Waals surface area contributed by atoms with Crippen molar-refractivity contribution in [2.75, 3.05) is 11.0 Å². The molecule has 0 fully saturated rings. The Morgan fingerprint density at radius 1 is 1.40 bits per heavy atom. The molecule has 0 aliphatic rings. The molecule has 82 valence electrons. The van der Waals surface area contributed by atoms with E-state index in [2.05, 4.69) is 4.72 Å². The van der Waals surface area contributed by atoms with Crippen molar-refractivity contribution < 1.29 is 13.2 Å². The normalized spacial score (nSPS) is 11.1. The van der Waals surface area contributed by atoms with E-state index in [0.29, 0.717) is 0 Å². The van der Waals surface area contributed by atoms with Gasteiger partial charge in [0.2, 0.25) is 10.0 Å². The Balaban J connectivity index is 3.32. The number of benzene rings is 1. The summed E-state index contributed by atoms with van der Waals surface area (Å²) < 4.78 is 24.1. The molecule has 0 atom stereocenters. The SMILES string of the molecule is CS(=O)(=O)Nc1c(Cl)cccc1C(=O)Cl. The summed E-state index contributed by atoms with van der Waals surface area (Å²) in [5, 5.41) is -0.657. The molecule has 0 aliphatic heterocycles. The number of halogens is 2. The molecule has 0 radical (unpaired) electrons. The summed E-state index contributed by atoms with van der Waals surface area (Å²) in [6.07, 6.45) is 0.957. The van der Waals surface area contributed by atoms with Crippen molar-refractivity contribution in [1.82, 2.24) is 0 Å². The lowest BCUT2D eigenvalue weighted by Crippen LogP contribution is -2.12. The first-order valence-corrected chi connectivity index (χ1v) is 6.42. The maximum atomic E-state index is 11.0. The Morgan fingerprint density at radius 3 is 2.47 bits per heavy atom. The summed E-state index contributed by atoms with van der Waals surface area (Å²) >= 11 is 11.0. The highest BCUT2D eigenvalue weighted by atomic mass is 35.5. The van der Waals surface area contributed by atoms with Crippen LogP contribution in [0.3, 0.4) is 0 Å². The van der Waals surface area contributed by atoms with Crippen LogP contribution < -0.4 is 4.72 Å². The van der Waals surface area contributed by atoms with E-state index in [1.165, 1.54) is 18.2 Å². The van der Waals surface area contributed by atoms with Gasteiger partial charge in [-0.15, -0.1) is 0 Å². The number of para-hydroxylation sites is 1. The maximum Gasteiger partial charge on any atom is 0.254 e. The molecule has 1 aromatic carbocycles. The molecular weight excluding hydrogens is 261 g/mol. The third kappa shape index (κ3) is 3.37.